The molecule has 20 heavy (non-hydrogen) atoms. The molecule has 0 spiro atoms. The third-order valence-electron chi connectivity index (χ3n) is 3.75. The lowest BCUT2D eigenvalue weighted by atomic mass is 9.89. The topological polar surface area (TPSA) is 80.5 Å². The number of carbonyl (C=O) groups is 1. The fourth-order valence-electron chi connectivity index (χ4n) is 2.82. The predicted octanol–water partition coefficient (Wildman–Crippen LogP) is 1.03. The molecule has 2 N–H and O–H groups in total. The van der Waals surface area contributed by atoms with Gasteiger partial charge in [0.15, 0.2) is 0 Å². The van der Waals surface area contributed by atoms with E-state index in [-0.39, 0.29) is 18.1 Å². The molecule has 2 atom stereocenters. The van der Waals surface area contributed by atoms with Crippen molar-refractivity contribution in [3.8, 4) is 0 Å². The van der Waals surface area contributed by atoms with Gasteiger partial charge >= 0.3 is 0 Å². The minimum absolute atomic E-state index is 0.0246. The molecule has 1 amide bonds. The molecule has 1 aliphatic heterocycles. The van der Waals surface area contributed by atoms with Crippen LogP contribution < -0.4 is 5.73 Å². The highest BCUT2D eigenvalue weighted by atomic mass is 32.2. The molecule has 0 aromatic heterocycles. The normalized spacial score (nSPS) is 22.1. The first-order chi connectivity index (χ1) is 9.19. The fourth-order valence-corrected chi connectivity index (χ4v) is 3.51. The second-order valence-electron chi connectivity index (χ2n) is 6.45. The first kappa shape index (κ1) is 17.4. The Bertz CT molecular complexity index is 420. The van der Waals surface area contributed by atoms with Crippen molar-refractivity contribution >= 4 is 15.7 Å². The van der Waals surface area contributed by atoms with Crippen LogP contribution in [0.3, 0.4) is 0 Å². The molecule has 0 bridgehead atoms. The van der Waals surface area contributed by atoms with Gasteiger partial charge in [0.05, 0.1) is 11.8 Å². The molecule has 0 aromatic carbocycles. The summed E-state index contributed by atoms with van der Waals surface area (Å²) in [6.45, 7) is 5.90. The van der Waals surface area contributed by atoms with E-state index in [9.17, 15) is 13.2 Å². The molecule has 1 rings (SSSR count). The standard InChI is InChI=1S/C14H28N2O3S/c1-11(2)9-12-5-4-7-16(10-12)14(17)13(15)6-8-20(3,18)19/h11-13H,4-10,15H2,1-3H3/t12-,13+/m1/s1. The molecule has 0 unspecified atom stereocenters. The Morgan fingerprint density at radius 1 is 1.40 bits per heavy atom. The summed E-state index contributed by atoms with van der Waals surface area (Å²) >= 11 is 0. The number of sulfone groups is 1. The molecule has 0 saturated carbocycles. The Balaban J connectivity index is 2.49. The Labute approximate surface area is 122 Å². The van der Waals surface area contributed by atoms with Gasteiger partial charge in [-0.3, -0.25) is 4.79 Å². The van der Waals surface area contributed by atoms with Gasteiger partial charge in [-0.2, -0.15) is 0 Å². The summed E-state index contributed by atoms with van der Waals surface area (Å²) in [6, 6.07) is -0.692. The van der Waals surface area contributed by atoms with Crippen molar-refractivity contribution in [2.45, 2.75) is 45.6 Å². The summed E-state index contributed by atoms with van der Waals surface area (Å²) < 4.78 is 22.3. The molecular formula is C14H28N2O3S. The zero-order valence-electron chi connectivity index (χ0n) is 12.8. The van der Waals surface area contributed by atoms with Crippen molar-refractivity contribution in [3.05, 3.63) is 0 Å². The van der Waals surface area contributed by atoms with E-state index < -0.39 is 15.9 Å². The monoisotopic (exact) mass is 304 g/mol. The third-order valence-corrected chi connectivity index (χ3v) is 4.73. The van der Waals surface area contributed by atoms with Crippen molar-refractivity contribution in [1.82, 2.24) is 4.90 Å². The summed E-state index contributed by atoms with van der Waals surface area (Å²) in [6.07, 6.45) is 4.69. The smallest absolute Gasteiger partial charge is 0.239 e. The van der Waals surface area contributed by atoms with Gasteiger partial charge in [0.1, 0.15) is 9.84 Å². The summed E-state index contributed by atoms with van der Waals surface area (Å²) in [5.74, 6) is 1.06. The van der Waals surface area contributed by atoms with Crippen molar-refractivity contribution in [3.63, 3.8) is 0 Å². The Morgan fingerprint density at radius 2 is 2.05 bits per heavy atom. The fraction of sp³-hybridized carbons (Fsp3) is 0.929. The highest BCUT2D eigenvalue weighted by Gasteiger charge is 2.27. The van der Waals surface area contributed by atoms with Gasteiger partial charge in [0.2, 0.25) is 5.91 Å². The zero-order chi connectivity index (χ0) is 15.3. The molecule has 1 saturated heterocycles. The van der Waals surface area contributed by atoms with Crippen molar-refractivity contribution in [2.24, 2.45) is 17.6 Å². The average Bonchev–Trinajstić information content (AvgIpc) is 2.33. The second kappa shape index (κ2) is 7.41. The predicted molar refractivity (Wildman–Crippen MR) is 81.1 cm³/mol. The Kier molecular flexibility index (Phi) is 6.45. The maximum absolute atomic E-state index is 12.3. The van der Waals surface area contributed by atoms with Crippen LogP contribution in [0.4, 0.5) is 0 Å². The molecule has 0 aliphatic carbocycles. The van der Waals surface area contributed by atoms with E-state index in [1.807, 2.05) is 4.90 Å². The molecular weight excluding hydrogens is 276 g/mol. The van der Waals surface area contributed by atoms with Crippen molar-refractivity contribution in [1.29, 1.82) is 0 Å². The minimum Gasteiger partial charge on any atom is -0.341 e. The third kappa shape index (κ3) is 6.22. The molecule has 1 aliphatic rings. The van der Waals surface area contributed by atoms with Gasteiger partial charge in [-0.25, -0.2) is 8.42 Å². The number of hydrogen-bond donors (Lipinski definition) is 1. The summed E-state index contributed by atoms with van der Waals surface area (Å²) in [7, 11) is -3.06. The van der Waals surface area contributed by atoms with Crippen LogP contribution in [-0.4, -0.2) is 50.4 Å². The van der Waals surface area contributed by atoms with E-state index in [0.717, 1.165) is 25.9 Å². The van der Waals surface area contributed by atoms with Crippen molar-refractivity contribution < 1.29 is 13.2 Å². The van der Waals surface area contributed by atoms with Crippen LogP contribution in [0.25, 0.3) is 0 Å². The van der Waals surface area contributed by atoms with Gasteiger partial charge < -0.3 is 10.6 Å². The van der Waals surface area contributed by atoms with Crippen LogP contribution in [0.2, 0.25) is 0 Å². The van der Waals surface area contributed by atoms with E-state index in [4.69, 9.17) is 5.73 Å². The zero-order valence-corrected chi connectivity index (χ0v) is 13.7. The van der Waals surface area contributed by atoms with Gasteiger partial charge in [-0.1, -0.05) is 13.8 Å². The van der Waals surface area contributed by atoms with Crippen LogP contribution >= 0.6 is 0 Å². The van der Waals surface area contributed by atoms with Gasteiger partial charge in [-0.05, 0) is 37.5 Å². The summed E-state index contributed by atoms with van der Waals surface area (Å²) in [5.41, 5.74) is 5.85. The van der Waals surface area contributed by atoms with E-state index in [0.29, 0.717) is 11.8 Å². The van der Waals surface area contributed by atoms with E-state index in [1.165, 1.54) is 12.7 Å². The number of amides is 1. The number of piperidine rings is 1. The van der Waals surface area contributed by atoms with Gasteiger partial charge in [0.25, 0.3) is 0 Å². The number of nitrogens with two attached hydrogens (primary N) is 1. The first-order valence-corrected chi connectivity index (χ1v) is 9.47. The van der Waals surface area contributed by atoms with Crippen LogP contribution in [-0.2, 0) is 14.6 Å². The molecule has 0 radical (unpaired) electrons. The maximum Gasteiger partial charge on any atom is 0.239 e. The van der Waals surface area contributed by atoms with Crippen molar-refractivity contribution in [2.75, 3.05) is 25.1 Å². The highest BCUT2D eigenvalue weighted by Crippen LogP contribution is 2.23. The van der Waals surface area contributed by atoms with Gasteiger partial charge in [0, 0.05) is 19.3 Å². The first-order valence-electron chi connectivity index (χ1n) is 7.41. The van der Waals surface area contributed by atoms with E-state index in [2.05, 4.69) is 13.8 Å². The van der Waals surface area contributed by atoms with E-state index >= 15 is 0 Å². The number of hydrogen-bond acceptors (Lipinski definition) is 4. The molecule has 5 nitrogen and oxygen atoms in total. The number of carbonyl (C=O) groups excluding carboxylic acids is 1. The Hall–Kier alpha value is -0.620. The lowest BCUT2D eigenvalue weighted by molar-refractivity contribution is -0.134. The lowest BCUT2D eigenvalue weighted by Crippen LogP contribution is -2.48. The number of nitrogens with zero attached hydrogens (tertiary/aromatic N) is 1. The average molecular weight is 304 g/mol. The van der Waals surface area contributed by atoms with E-state index in [1.54, 1.807) is 0 Å². The summed E-state index contributed by atoms with van der Waals surface area (Å²) in [4.78, 5) is 14.1. The van der Waals surface area contributed by atoms with Crippen LogP contribution in [0.15, 0.2) is 0 Å². The van der Waals surface area contributed by atoms with Gasteiger partial charge in [-0.15, -0.1) is 0 Å². The highest BCUT2D eigenvalue weighted by molar-refractivity contribution is 7.90. The van der Waals surface area contributed by atoms with Crippen LogP contribution in [0.1, 0.15) is 39.5 Å². The SMILES string of the molecule is CC(C)C[C@H]1CCCN(C(=O)[C@@H](N)CCS(C)(=O)=O)C1. The molecule has 6 heteroatoms. The van der Waals surface area contributed by atoms with Crippen LogP contribution in [0, 0.1) is 11.8 Å². The largest absolute Gasteiger partial charge is 0.341 e. The van der Waals surface area contributed by atoms with Crippen LogP contribution in [0.5, 0.6) is 0 Å². The quantitative estimate of drug-likeness (QED) is 0.795. The molecule has 0 aromatic rings. The maximum atomic E-state index is 12.3. The second-order valence-corrected chi connectivity index (χ2v) is 8.71. The molecule has 1 fully saturated rings. The molecule has 1 heterocycles. The Morgan fingerprint density at radius 3 is 2.60 bits per heavy atom. The minimum atomic E-state index is -3.06. The number of likely N-dealkylation sites (tertiary alicyclic amines) is 1. The lowest BCUT2D eigenvalue weighted by Gasteiger charge is -2.35. The number of rotatable bonds is 6. The molecule has 118 valence electrons. The summed E-state index contributed by atoms with van der Waals surface area (Å²) in [5, 5.41) is 0.